The third-order valence-corrected chi connectivity index (χ3v) is 9.30. The maximum absolute atomic E-state index is 2.73. The van der Waals surface area contributed by atoms with Crippen LogP contribution in [0.5, 0.6) is 0 Å². The molecule has 0 aliphatic heterocycles. The molecule has 0 heteroatoms. The molecule has 0 heterocycles. The Labute approximate surface area is 149 Å². The van der Waals surface area contributed by atoms with Crippen molar-refractivity contribution in [2.45, 2.75) is 89.9 Å². The van der Waals surface area contributed by atoms with Gasteiger partial charge in [-0.1, -0.05) is 63.5 Å². The van der Waals surface area contributed by atoms with Gasteiger partial charge in [0.25, 0.3) is 0 Å². The van der Waals surface area contributed by atoms with E-state index in [0.717, 1.165) is 47.3 Å². The van der Waals surface area contributed by atoms with Crippen molar-refractivity contribution >= 4 is 0 Å². The predicted molar refractivity (Wildman–Crippen MR) is 102 cm³/mol. The van der Waals surface area contributed by atoms with Crippen molar-refractivity contribution in [3.05, 3.63) is 12.2 Å². The summed E-state index contributed by atoms with van der Waals surface area (Å²) in [6.45, 7) is 0. The molecule has 24 heavy (non-hydrogen) atoms. The lowest BCUT2D eigenvalue weighted by molar-refractivity contribution is -0.0620. The van der Waals surface area contributed by atoms with Crippen molar-refractivity contribution in [2.75, 3.05) is 0 Å². The first-order valence-electron chi connectivity index (χ1n) is 11.6. The fraction of sp³-hybridized carbons (Fsp3) is 0.917. The molecule has 0 bridgehead atoms. The van der Waals surface area contributed by atoms with Gasteiger partial charge in [-0.3, -0.25) is 0 Å². The highest BCUT2D eigenvalue weighted by molar-refractivity contribution is 5.09. The number of hydrogen-bond acceptors (Lipinski definition) is 0. The Balaban J connectivity index is 1.43. The standard InChI is InChI=1S/C24H38/c1-2-8-17(9-3-1)23-16-24-19-11-5-4-10-18(19)14-15-22(24)20-12-6-7-13-21(20)23/h6,12,17-24H,1-5,7-11,13-16H2. The Kier molecular flexibility index (Phi) is 4.52. The molecule has 134 valence electrons. The van der Waals surface area contributed by atoms with Crippen LogP contribution in [0, 0.1) is 47.3 Å². The van der Waals surface area contributed by atoms with E-state index in [-0.39, 0.29) is 0 Å². The van der Waals surface area contributed by atoms with E-state index in [1.54, 1.807) is 51.4 Å². The summed E-state index contributed by atoms with van der Waals surface area (Å²) in [5.41, 5.74) is 0. The number of rotatable bonds is 1. The Morgan fingerprint density at radius 1 is 0.500 bits per heavy atom. The predicted octanol–water partition coefficient (Wildman–Crippen LogP) is 7.00. The van der Waals surface area contributed by atoms with Crippen LogP contribution in [-0.4, -0.2) is 0 Å². The molecule has 0 N–H and O–H groups in total. The first-order chi connectivity index (χ1) is 11.9. The summed E-state index contributed by atoms with van der Waals surface area (Å²) in [5, 5.41) is 0. The Morgan fingerprint density at radius 2 is 1.21 bits per heavy atom. The fourth-order valence-corrected chi connectivity index (χ4v) is 8.35. The molecule has 0 saturated heterocycles. The highest BCUT2D eigenvalue weighted by atomic mass is 14.6. The summed E-state index contributed by atoms with van der Waals surface area (Å²) in [5.74, 6) is 8.68. The van der Waals surface area contributed by atoms with Crippen LogP contribution in [0.2, 0.25) is 0 Å². The summed E-state index contributed by atoms with van der Waals surface area (Å²) in [6.07, 6.45) is 27.0. The van der Waals surface area contributed by atoms with Crippen LogP contribution in [-0.2, 0) is 0 Å². The summed E-state index contributed by atoms with van der Waals surface area (Å²) < 4.78 is 0. The first-order valence-corrected chi connectivity index (χ1v) is 11.6. The Morgan fingerprint density at radius 3 is 2.08 bits per heavy atom. The van der Waals surface area contributed by atoms with Gasteiger partial charge in [0.1, 0.15) is 0 Å². The molecule has 5 rings (SSSR count). The minimum Gasteiger partial charge on any atom is -0.0882 e. The lowest BCUT2D eigenvalue weighted by Gasteiger charge is -2.57. The van der Waals surface area contributed by atoms with Gasteiger partial charge in [0.2, 0.25) is 0 Å². The van der Waals surface area contributed by atoms with Gasteiger partial charge in [-0.25, -0.2) is 0 Å². The molecule has 0 amide bonds. The number of hydrogen-bond donors (Lipinski definition) is 0. The second-order valence-corrected chi connectivity index (χ2v) is 10.2. The van der Waals surface area contributed by atoms with Gasteiger partial charge in [-0.2, -0.15) is 0 Å². The average molecular weight is 327 g/mol. The van der Waals surface area contributed by atoms with E-state index < -0.39 is 0 Å². The molecule has 4 saturated carbocycles. The number of allylic oxidation sites excluding steroid dienone is 2. The third kappa shape index (κ3) is 2.71. The first kappa shape index (κ1) is 16.0. The molecule has 5 aliphatic rings. The minimum absolute atomic E-state index is 0.979. The Bertz CT molecular complexity index is 457. The molecular weight excluding hydrogens is 288 g/mol. The van der Waals surface area contributed by atoms with E-state index in [2.05, 4.69) is 12.2 Å². The van der Waals surface area contributed by atoms with Gasteiger partial charge in [0, 0.05) is 0 Å². The molecule has 4 fully saturated rings. The molecule has 5 aliphatic carbocycles. The Hall–Kier alpha value is -0.260. The van der Waals surface area contributed by atoms with Gasteiger partial charge >= 0.3 is 0 Å². The highest BCUT2D eigenvalue weighted by Crippen LogP contribution is 2.59. The molecule has 0 aromatic heterocycles. The summed E-state index contributed by atoms with van der Waals surface area (Å²) in [6, 6.07) is 0. The van der Waals surface area contributed by atoms with Crippen LogP contribution < -0.4 is 0 Å². The summed E-state index contributed by atoms with van der Waals surface area (Å²) in [7, 11) is 0. The quantitative estimate of drug-likeness (QED) is 0.455. The maximum atomic E-state index is 2.73. The second kappa shape index (κ2) is 6.81. The largest absolute Gasteiger partial charge is 0.0882 e. The van der Waals surface area contributed by atoms with Gasteiger partial charge in [-0.15, -0.1) is 0 Å². The van der Waals surface area contributed by atoms with Gasteiger partial charge < -0.3 is 0 Å². The SMILES string of the molecule is C1=CC2C(CC1)C(C1CCCCC1)CC1C3CCCCC3CCC21. The summed E-state index contributed by atoms with van der Waals surface area (Å²) >= 11 is 0. The van der Waals surface area contributed by atoms with E-state index in [9.17, 15) is 0 Å². The normalized spacial score (nSPS) is 49.1. The minimum atomic E-state index is 0.979. The van der Waals surface area contributed by atoms with E-state index in [0.29, 0.717) is 0 Å². The van der Waals surface area contributed by atoms with E-state index in [4.69, 9.17) is 0 Å². The molecule has 0 nitrogen and oxygen atoms in total. The van der Waals surface area contributed by atoms with Crippen LogP contribution >= 0.6 is 0 Å². The fourth-order valence-electron chi connectivity index (χ4n) is 8.35. The second-order valence-electron chi connectivity index (χ2n) is 10.2. The lowest BCUT2D eigenvalue weighted by Crippen LogP contribution is -2.49. The van der Waals surface area contributed by atoms with Crippen LogP contribution in [0.25, 0.3) is 0 Å². The monoisotopic (exact) mass is 326 g/mol. The zero-order valence-corrected chi connectivity index (χ0v) is 15.7. The van der Waals surface area contributed by atoms with E-state index in [1.807, 2.05) is 0 Å². The molecule has 0 aromatic carbocycles. The highest BCUT2D eigenvalue weighted by Gasteiger charge is 2.51. The van der Waals surface area contributed by atoms with Crippen molar-refractivity contribution in [1.82, 2.24) is 0 Å². The topological polar surface area (TPSA) is 0 Å². The maximum Gasteiger partial charge on any atom is -0.0171 e. The molecule has 0 aromatic rings. The zero-order chi connectivity index (χ0) is 15.9. The smallest absolute Gasteiger partial charge is 0.0171 e. The van der Waals surface area contributed by atoms with E-state index in [1.165, 1.54) is 38.5 Å². The third-order valence-electron chi connectivity index (χ3n) is 9.30. The number of fused-ring (bicyclic) bond motifs is 5. The zero-order valence-electron chi connectivity index (χ0n) is 15.7. The van der Waals surface area contributed by atoms with Gasteiger partial charge in [0.15, 0.2) is 0 Å². The summed E-state index contributed by atoms with van der Waals surface area (Å²) in [4.78, 5) is 0. The molecule has 7 unspecified atom stereocenters. The van der Waals surface area contributed by atoms with Crippen molar-refractivity contribution in [1.29, 1.82) is 0 Å². The lowest BCUT2D eigenvalue weighted by atomic mass is 9.48. The van der Waals surface area contributed by atoms with Crippen LogP contribution in [0.4, 0.5) is 0 Å². The molecule has 0 spiro atoms. The van der Waals surface area contributed by atoms with Crippen molar-refractivity contribution in [3.63, 3.8) is 0 Å². The van der Waals surface area contributed by atoms with Crippen LogP contribution in [0.15, 0.2) is 12.2 Å². The molecule has 7 atom stereocenters. The molecular formula is C24H38. The molecule has 0 radical (unpaired) electrons. The van der Waals surface area contributed by atoms with Gasteiger partial charge in [0.05, 0.1) is 0 Å². The van der Waals surface area contributed by atoms with Gasteiger partial charge in [-0.05, 0) is 85.9 Å². The van der Waals surface area contributed by atoms with Crippen molar-refractivity contribution < 1.29 is 0 Å². The van der Waals surface area contributed by atoms with E-state index >= 15 is 0 Å². The van der Waals surface area contributed by atoms with Crippen molar-refractivity contribution in [3.8, 4) is 0 Å². The average Bonchev–Trinajstić information content (AvgIpc) is 2.67. The van der Waals surface area contributed by atoms with Crippen LogP contribution in [0.3, 0.4) is 0 Å². The van der Waals surface area contributed by atoms with Crippen LogP contribution in [0.1, 0.15) is 89.9 Å². The van der Waals surface area contributed by atoms with Crippen molar-refractivity contribution in [2.24, 2.45) is 47.3 Å².